The second-order valence-corrected chi connectivity index (χ2v) is 25.2. The van der Waals surface area contributed by atoms with Crippen molar-refractivity contribution in [3.63, 3.8) is 0 Å². The van der Waals surface area contributed by atoms with Crippen LogP contribution in [-0.4, -0.2) is 49.3 Å². The van der Waals surface area contributed by atoms with Gasteiger partial charge < -0.3 is 20.1 Å². The molecule has 0 aliphatic rings. The summed E-state index contributed by atoms with van der Waals surface area (Å²) in [5, 5.41) is 0. The van der Waals surface area contributed by atoms with E-state index in [2.05, 4.69) is 26.0 Å². The minimum atomic E-state index is -4.38. The second kappa shape index (κ2) is 64.9. The van der Waals surface area contributed by atoms with Gasteiger partial charge in [-0.2, -0.15) is 0 Å². The average molecular weight is 1120 g/mol. The maximum absolute atomic E-state index is 12.7. The Labute approximate surface area is 485 Å². The van der Waals surface area contributed by atoms with Crippen molar-refractivity contribution in [1.82, 2.24) is 0 Å². The molecule has 0 aromatic carbocycles. The molecule has 0 fully saturated rings. The number of unbranched alkanes of at least 4 members (excludes halogenated alkanes) is 52. The van der Waals surface area contributed by atoms with Gasteiger partial charge in [0, 0.05) is 19.4 Å². The minimum Gasteiger partial charge on any atom is -0.462 e. The number of hydrogen-bond acceptors (Lipinski definition) is 8. The van der Waals surface area contributed by atoms with E-state index < -0.39 is 26.5 Å². The van der Waals surface area contributed by atoms with Crippen molar-refractivity contribution in [2.45, 2.75) is 386 Å². The van der Waals surface area contributed by atoms with E-state index in [0.29, 0.717) is 6.42 Å². The van der Waals surface area contributed by atoms with Crippen molar-refractivity contribution >= 4 is 19.8 Å². The fraction of sp³-hybridized carbons (Fsp3) is 0.941. The number of esters is 2. The van der Waals surface area contributed by atoms with Gasteiger partial charge in [-0.25, -0.2) is 4.57 Å². The molecule has 0 aromatic heterocycles. The number of ether oxygens (including phenoxy) is 2. The third-order valence-corrected chi connectivity index (χ3v) is 16.9. The predicted octanol–water partition coefficient (Wildman–Crippen LogP) is 22.4. The van der Waals surface area contributed by atoms with E-state index >= 15 is 0 Å². The summed E-state index contributed by atoms with van der Waals surface area (Å²) in [6.45, 7) is 3.82. The summed E-state index contributed by atoms with van der Waals surface area (Å²) in [5.74, 6) is -0.802. The van der Waals surface area contributed by atoms with Crippen LogP contribution in [0.4, 0.5) is 0 Å². The van der Waals surface area contributed by atoms with Gasteiger partial charge in [0.1, 0.15) is 6.61 Å². The van der Waals surface area contributed by atoms with Crippen LogP contribution < -0.4 is 5.73 Å². The Morgan fingerprint density at radius 1 is 0.372 bits per heavy atom. The zero-order valence-corrected chi connectivity index (χ0v) is 53.1. The first-order valence-corrected chi connectivity index (χ1v) is 36.2. The fourth-order valence-electron chi connectivity index (χ4n) is 10.8. The molecule has 0 saturated carbocycles. The number of phosphoric ester groups is 1. The number of carbonyl (C=O) groups excluding carboxylic acids is 2. The first kappa shape index (κ1) is 76.8. The summed E-state index contributed by atoms with van der Waals surface area (Å²) < 4.78 is 33.1. The second-order valence-electron chi connectivity index (χ2n) is 23.8. The Kier molecular flexibility index (Phi) is 63.9. The number of carbonyl (C=O) groups is 2. The molecule has 3 N–H and O–H groups in total. The van der Waals surface area contributed by atoms with Crippen LogP contribution in [0.15, 0.2) is 12.2 Å². The van der Waals surface area contributed by atoms with Crippen molar-refractivity contribution in [2.75, 3.05) is 26.4 Å². The molecule has 0 aliphatic carbocycles. The SMILES string of the molecule is CCCCCCCCCC/C=C\CCCCCCCCCCCCCCCCCCCCCCCCCCCCCCCC(=O)OC(COC(=O)CCCCCCCCCCCCCCCCCC)COP(=O)(O)OCCN. The maximum atomic E-state index is 12.7. The third-order valence-electron chi connectivity index (χ3n) is 15.9. The Morgan fingerprint density at radius 2 is 0.628 bits per heavy atom. The van der Waals surface area contributed by atoms with E-state index in [0.717, 1.165) is 32.1 Å². The molecule has 2 atom stereocenters. The van der Waals surface area contributed by atoms with Crippen molar-refractivity contribution in [3.05, 3.63) is 12.2 Å². The molecule has 0 saturated heterocycles. The predicted molar refractivity (Wildman–Crippen MR) is 335 cm³/mol. The molecule has 9 nitrogen and oxygen atoms in total. The van der Waals surface area contributed by atoms with Gasteiger partial charge >= 0.3 is 19.8 Å². The molecule has 0 radical (unpaired) electrons. The molecule has 0 heterocycles. The average Bonchev–Trinajstić information content (AvgIpc) is 3.43. The quantitative estimate of drug-likeness (QED) is 0.0264. The van der Waals surface area contributed by atoms with Crippen LogP contribution in [0.2, 0.25) is 0 Å². The molecule has 2 unspecified atom stereocenters. The third kappa shape index (κ3) is 63.9. The number of allylic oxidation sites excluding steroid dienone is 2. The van der Waals surface area contributed by atoms with Crippen molar-refractivity contribution in [2.24, 2.45) is 5.73 Å². The minimum absolute atomic E-state index is 0.0581. The molecule has 10 heteroatoms. The van der Waals surface area contributed by atoms with Gasteiger partial charge in [-0.3, -0.25) is 18.6 Å². The Bertz CT molecular complexity index is 1280. The molecular formula is C68H134NO8P. The fourth-order valence-corrected chi connectivity index (χ4v) is 11.5. The lowest BCUT2D eigenvalue weighted by molar-refractivity contribution is -0.161. The van der Waals surface area contributed by atoms with Gasteiger partial charge in [0.05, 0.1) is 13.2 Å². The molecular weight excluding hydrogens is 990 g/mol. The summed E-state index contributed by atoms with van der Waals surface area (Å²) in [7, 11) is -4.38. The van der Waals surface area contributed by atoms with Crippen molar-refractivity contribution in [1.29, 1.82) is 0 Å². The van der Waals surface area contributed by atoms with Crippen LogP contribution in [0.3, 0.4) is 0 Å². The molecule has 0 aromatic rings. The van der Waals surface area contributed by atoms with E-state index in [1.165, 1.54) is 315 Å². The summed E-state index contributed by atoms with van der Waals surface area (Å²) in [6, 6.07) is 0. The topological polar surface area (TPSA) is 134 Å². The molecule has 0 rings (SSSR count). The summed E-state index contributed by atoms with van der Waals surface area (Å²) in [5.41, 5.74) is 5.39. The highest BCUT2D eigenvalue weighted by atomic mass is 31.2. The van der Waals surface area contributed by atoms with Crippen LogP contribution in [0.1, 0.15) is 380 Å². The van der Waals surface area contributed by atoms with Crippen molar-refractivity contribution in [3.8, 4) is 0 Å². The lowest BCUT2D eigenvalue weighted by Crippen LogP contribution is -2.29. The number of phosphoric acid groups is 1. The summed E-state index contributed by atoms with van der Waals surface area (Å²) in [6.07, 6.45) is 77.6. The Balaban J connectivity index is 3.69. The summed E-state index contributed by atoms with van der Waals surface area (Å²) in [4.78, 5) is 35.2. The molecule has 0 aliphatic heterocycles. The number of nitrogens with two attached hydrogens (primary N) is 1. The Morgan fingerprint density at radius 3 is 0.910 bits per heavy atom. The normalized spacial score (nSPS) is 12.9. The van der Waals surface area contributed by atoms with E-state index in [9.17, 15) is 19.0 Å². The van der Waals surface area contributed by atoms with Gasteiger partial charge in [-0.1, -0.05) is 341 Å². The molecule has 0 spiro atoms. The highest BCUT2D eigenvalue weighted by Gasteiger charge is 2.26. The highest BCUT2D eigenvalue weighted by Crippen LogP contribution is 2.43. The van der Waals surface area contributed by atoms with Crippen LogP contribution in [0.25, 0.3) is 0 Å². The van der Waals surface area contributed by atoms with Crippen LogP contribution in [-0.2, 0) is 32.7 Å². The van der Waals surface area contributed by atoms with Gasteiger partial charge in [0.15, 0.2) is 6.10 Å². The Hall–Kier alpha value is -1.25. The van der Waals surface area contributed by atoms with Crippen LogP contribution >= 0.6 is 7.82 Å². The first-order chi connectivity index (χ1) is 38.3. The van der Waals surface area contributed by atoms with E-state index in [4.69, 9.17) is 24.3 Å². The van der Waals surface area contributed by atoms with Gasteiger partial charge in [-0.05, 0) is 38.5 Å². The summed E-state index contributed by atoms with van der Waals surface area (Å²) >= 11 is 0. The van der Waals surface area contributed by atoms with Gasteiger partial charge in [0.2, 0.25) is 0 Å². The van der Waals surface area contributed by atoms with E-state index in [-0.39, 0.29) is 38.6 Å². The molecule has 464 valence electrons. The van der Waals surface area contributed by atoms with E-state index in [1.54, 1.807) is 0 Å². The standard InChI is InChI=1S/C68H134NO8P/c1-3-5-7-9-11-13-15-17-19-21-22-23-24-25-26-27-28-29-30-31-32-33-34-35-36-37-38-39-40-41-42-43-44-45-47-49-51-53-55-57-59-61-68(71)77-66(65-76-78(72,73)75-63-62-69)64-74-67(70)60-58-56-54-52-50-48-46-20-18-16-14-12-10-8-6-4-2/h21-22,66H,3-20,23-65,69H2,1-2H3,(H,72,73)/b22-21-. The zero-order chi connectivity index (χ0) is 56.6. The zero-order valence-electron chi connectivity index (χ0n) is 52.2. The molecule has 0 amide bonds. The van der Waals surface area contributed by atoms with Crippen LogP contribution in [0, 0.1) is 0 Å². The first-order valence-electron chi connectivity index (χ1n) is 34.7. The monoisotopic (exact) mass is 1120 g/mol. The molecule has 78 heavy (non-hydrogen) atoms. The number of rotatable bonds is 67. The van der Waals surface area contributed by atoms with E-state index in [1.807, 2.05) is 0 Å². The lowest BCUT2D eigenvalue weighted by Gasteiger charge is -2.19. The largest absolute Gasteiger partial charge is 0.472 e. The van der Waals surface area contributed by atoms with Gasteiger partial charge in [0.25, 0.3) is 0 Å². The van der Waals surface area contributed by atoms with Crippen molar-refractivity contribution < 1.29 is 37.6 Å². The number of hydrogen-bond donors (Lipinski definition) is 2. The van der Waals surface area contributed by atoms with Crippen LogP contribution in [0.5, 0.6) is 0 Å². The smallest absolute Gasteiger partial charge is 0.462 e. The highest BCUT2D eigenvalue weighted by molar-refractivity contribution is 7.47. The lowest BCUT2D eigenvalue weighted by atomic mass is 10.0. The molecule has 0 bridgehead atoms. The van der Waals surface area contributed by atoms with Gasteiger partial charge in [-0.15, -0.1) is 0 Å². The maximum Gasteiger partial charge on any atom is 0.472 e.